The van der Waals surface area contributed by atoms with Crippen LogP contribution in [0.1, 0.15) is 27.6 Å². The van der Waals surface area contributed by atoms with Gasteiger partial charge in [0, 0.05) is 31.2 Å². The van der Waals surface area contributed by atoms with Crippen LogP contribution < -0.4 is 10.1 Å². The number of benzene rings is 2. The summed E-state index contributed by atoms with van der Waals surface area (Å²) in [5.41, 5.74) is 2.89. The van der Waals surface area contributed by atoms with Crippen LogP contribution in [0.15, 0.2) is 42.5 Å². The van der Waals surface area contributed by atoms with E-state index in [0.29, 0.717) is 23.4 Å². The number of piperazine rings is 1. The van der Waals surface area contributed by atoms with Crippen LogP contribution in [0.2, 0.25) is 0 Å². The van der Waals surface area contributed by atoms with E-state index in [1.165, 1.54) is 14.2 Å². The van der Waals surface area contributed by atoms with Gasteiger partial charge in [0.15, 0.2) is 0 Å². The minimum atomic E-state index is -0.440. The average molecular weight is 368 g/mol. The zero-order valence-electron chi connectivity index (χ0n) is 15.8. The molecule has 6 heteroatoms. The Morgan fingerprint density at radius 3 is 2.41 bits per heavy atom. The minimum absolute atomic E-state index is 0.0502. The molecular formula is C21H24N2O4. The first-order chi connectivity index (χ1) is 13.0. The van der Waals surface area contributed by atoms with E-state index in [0.717, 1.165) is 24.2 Å². The van der Waals surface area contributed by atoms with Gasteiger partial charge in [0.05, 0.1) is 14.2 Å². The lowest BCUT2D eigenvalue weighted by atomic mass is 10.0. The molecule has 0 aliphatic carbocycles. The van der Waals surface area contributed by atoms with Crippen LogP contribution >= 0.6 is 0 Å². The van der Waals surface area contributed by atoms with Crippen molar-refractivity contribution >= 4 is 11.9 Å². The maximum Gasteiger partial charge on any atom is 0.341 e. The fourth-order valence-electron chi connectivity index (χ4n) is 3.26. The highest BCUT2D eigenvalue weighted by molar-refractivity contribution is 5.95. The first kappa shape index (κ1) is 18.9. The number of carbonyl (C=O) groups is 2. The molecule has 0 radical (unpaired) electrons. The van der Waals surface area contributed by atoms with Crippen LogP contribution in [0.25, 0.3) is 11.1 Å². The van der Waals surface area contributed by atoms with Crippen molar-refractivity contribution in [2.24, 2.45) is 0 Å². The number of amides is 1. The number of nitrogens with zero attached hydrogens (tertiary/aromatic N) is 1. The molecule has 27 heavy (non-hydrogen) atoms. The molecule has 1 N–H and O–H groups in total. The number of esters is 1. The van der Waals surface area contributed by atoms with E-state index in [2.05, 4.69) is 5.32 Å². The van der Waals surface area contributed by atoms with Crippen LogP contribution in [-0.4, -0.2) is 56.7 Å². The van der Waals surface area contributed by atoms with Crippen LogP contribution in [0.3, 0.4) is 0 Å². The normalized spacial score (nSPS) is 16.7. The van der Waals surface area contributed by atoms with Crippen molar-refractivity contribution in [3.8, 4) is 16.9 Å². The van der Waals surface area contributed by atoms with Crippen LogP contribution in [-0.2, 0) is 4.74 Å². The molecule has 1 atom stereocenters. The largest absolute Gasteiger partial charge is 0.496 e. The summed E-state index contributed by atoms with van der Waals surface area (Å²) in [6.45, 7) is 4.40. The quantitative estimate of drug-likeness (QED) is 0.840. The summed E-state index contributed by atoms with van der Waals surface area (Å²) in [5, 5.41) is 3.29. The summed E-state index contributed by atoms with van der Waals surface area (Å²) in [6.07, 6.45) is 0. The van der Waals surface area contributed by atoms with Gasteiger partial charge in [0.2, 0.25) is 0 Å². The SMILES string of the molecule is COC(=O)c1ccc(-c2ccc(C(=O)N3CCNC[C@H]3C)cc2)cc1OC. The van der Waals surface area contributed by atoms with E-state index >= 15 is 0 Å². The first-order valence-corrected chi connectivity index (χ1v) is 8.93. The molecule has 0 spiro atoms. The van der Waals surface area contributed by atoms with E-state index in [1.54, 1.807) is 12.1 Å². The first-order valence-electron chi connectivity index (χ1n) is 8.93. The lowest BCUT2D eigenvalue weighted by Gasteiger charge is -2.34. The van der Waals surface area contributed by atoms with Crippen LogP contribution in [0.5, 0.6) is 5.75 Å². The highest BCUT2D eigenvalue weighted by Crippen LogP contribution is 2.28. The lowest BCUT2D eigenvalue weighted by molar-refractivity contribution is 0.0596. The maximum absolute atomic E-state index is 12.7. The Morgan fingerprint density at radius 2 is 1.78 bits per heavy atom. The van der Waals surface area contributed by atoms with Crippen molar-refractivity contribution in [1.82, 2.24) is 10.2 Å². The van der Waals surface area contributed by atoms with Gasteiger partial charge in [0.1, 0.15) is 11.3 Å². The van der Waals surface area contributed by atoms with E-state index in [1.807, 2.05) is 42.2 Å². The van der Waals surface area contributed by atoms with Crippen molar-refractivity contribution in [3.05, 3.63) is 53.6 Å². The molecule has 2 aromatic carbocycles. The molecule has 0 aromatic heterocycles. The molecule has 1 amide bonds. The lowest BCUT2D eigenvalue weighted by Crippen LogP contribution is -2.52. The molecule has 2 aromatic rings. The van der Waals surface area contributed by atoms with Crippen molar-refractivity contribution in [1.29, 1.82) is 0 Å². The number of rotatable bonds is 4. The van der Waals surface area contributed by atoms with Gasteiger partial charge in [0.25, 0.3) is 5.91 Å². The third-order valence-corrected chi connectivity index (χ3v) is 4.83. The zero-order chi connectivity index (χ0) is 19.4. The smallest absolute Gasteiger partial charge is 0.341 e. The van der Waals surface area contributed by atoms with Gasteiger partial charge in [-0.25, -0.2) is 4.79 Å². The third-order valence-electron chi connectivity index (χ3n) is 4.83. The Morgan fingerprint density at radius 1 is 1.07 bits per heavy atom. The second-order valence-corrected chi connectivity index (χ2v) is 6.54. The number of hydrogen-bond acceptors (Lipinski definition) is 5. The predicted octanol–water partition coefficient (Wildman–Crippen LogP) is 2.58. The molecule has 0 unspecified atom stereocenters. The summed E-state index contributed by atoms with van der Waals surface area (Å²) >= 11 is 0. The number of ether oxygens (including phenoxy) is 2. The van der Waals surface area contributed by atoms with Crippen molar-refractivity contribution in [2.75, 3.05) is 33.9 Å². The second-order valence-electron chi connectivity index (χ2n) is 6.54. The Hall–Kier alpha value is -2.86. The summed E-state index contributed by atoms with van der Waals surface area (Å²) < 4.78 is 10.1. The van der Waals surface area contributed by atoms with Crippen LogP contribution in [0.4, 0.5) is 0 Å². The number of hydrogen-bond donors (Lipinski definition) is 1. The fourth-order valence-corrected chi connectivity index (χ4v) is 3.26. The van der Waals surface area contributed by atoms with Gasteiger partial charge in [-0.15, -0.1) is 0 Å². The molecule has 0 saturated carbocycles. The van der Waals surface area contributed by atoms with E-state index in [9.17, 15) is 9.59 Å². The van der Waals surface area contributed by atoms with Gasteiger partial charge in [-0.1, -0.05) is 18.2 Å². The summed E-state index contributed by atoms with van der Waals surface area (Å²) in [4.78, 5) is 26.4. The molecular weight excluding hydrogens is 344 g/mol. The molecule has 0 bridgehead atoms. The van der Waals surface area contributed by atoms with Crippen molar-refractivity contribution in [2.45, 2.75) is 13.0 Å². The predicted molar refractivity (Wildman–Crippen MR) is 103 cm³/mol. The molecule has 6 nitrogen and oxygen atoms in total. The number of carbonyl (C=O) groups excluding carboxylic acids is 2. The third kappa shape index (κ3) is 3.95. The second kappa shape index (κ2) is 8.22. The molecule has 1 heterocycles. The summed E-state index contributed by atoms with van der Waals surface area (Å²) in [6, 6.07) is 13.0. The van der Waals surface area contributed by atoms with Gasteiger partial charge >= 0.3 is 5.97 Å². The van der Waals surface area contributed by atoms with Gasteiger partial charge in [-0.05, 0) is 42.3 Å². The number of nitrogens with one attached hydrogen (secondary N) is 1. The molecule has 142 valence electrons. The average Bonchev–Trinajstić information content (AvgIpc) is 2.72. The molecule has 3 rings (SSSR count). The van der Waals surface area contributed by atoms with Crippen molar-refractivity contribution < 1.29 is 19.1 Å². The van der Waals surface area contributed by atoms with E-state index in [-0.39, 0.29) is 11.9 Å². The summed E-state index contributed by atoms with van der Waals surface area (Å²) in [5.74, 6) is 0.0628. The van der Waals surface area contributed by atoms with Crippen molar-refractivity contribution in [3.63, 3.8) is 0 Å². The Labute approximate surface area is 159 Å². The maximum atomic E-state index is 12.7. The summed E-state index contributed by atoms with van der Waals surface area (Å²) in [7, 11) is 2.85. The van der Waals surface area contributed by atoms with E-state index in [4.69, 9.17) is 9.47 Å². The standard InChI is InChI=1S/C21H24N2O4/c1-14-13-22-10-11-23(14)20(24)16-6-4-15(5-7-16)17-8-9-18(21(25)27-3)19(12-17)26-2/h4-9,12,14,22H,10-11,13H2,1-3H3/t14-/m1/s1. The highest BCUT2D eigenvalue weighted by atomic mass is 16.5. The highest BCUT2D eigenvalue weighted by Gasteiger charge is 2.24. The number of methoxy groups -OCH3 is 2. The van der Waals surface area contributed by atoms with Crippen LogP contribution in [0, 0.1) is 0 Å². The Balaban J connectivity index is 1.83. The Kier molecular flexibility index (Phi) is 5.76. The topological polar surface area (TPSA) is 67.9 Å². The van der Waals surface area contributed by atoms with E-state index < -0.39 is 5.97 Å². The van der Waals surface area contributed by atoms with Gasteiger partial charge in [-0.2, -0.15) is 0 Å². The Bertz CT molecular complexity index is 833. The molecule has 1 fully saturated rings. The molecule has 1 aliphatic heterocycles. The van der Waals surface area contributed by atoms with Gasteiger partial charge < -0.3 is 19.7 Å². The molecule has 1 saturated heterocycles. The minimum Gasteiger partial charge on any atom is -0.496 e. The molecule has 1 aliphatic rings. The monoisotopic (exact) mass is 368 g/mol. The zero-order valence-corrected chi connectivity index (χ0v) is 15.8. The van der Waals surface area contributed by atoms with Gasteiger partial charge in [-0.3, -0.25) is 4.79 Å². The fraction of sp³-hybridized carbons (Fsp3) is 0.333.